The first kappa shape index (κ1) is 16.8. The van der Waals surface area contributed by atoms with Gasteiger partial charge in [0.25, 0.3) is 5.91 Å². The molecule has 0 saturated heterocycles. The maximum atomic E-state index is 11.4. The van der Waals surface area contributed by atoms with Gasteiger partial charge in [-0.15, -0.1) is 23.1 Å². The second-order valence-electron chi connectivity index (χ2n) is 3.49. The first-order valence-corrected chi connectivity index (χ1v) is 7.85. The molecule has 6 nitrogen and oxygen atoms in total. The Labute approximate surface area is 129 Å². The van der Waals surface area contributed by atoms with Crippen LogP contribution < -0.4 is 10.6 Å². The number of urea groups is 1. The molecule has 9 heteroatoms. The number of carbonyl (C=O) groups is 3. The van der Waals surface area contributed by atoms with Crippen LogP contribution in [-0.2, 0) is 20.1 Å². The zero-order valence-electron chi connectivity index (χ0n) is 10.6. The molecule has 1 aromatic rings. The number of amides is 3. The second-order valence-corrected chi connectivity index (χ2v) is 6.27. The predicted molar refractivity (Wildman–Crippen MR) is 79.0 cm³/mol. The van der Waals surface area contributed by atoms with Gasteiger partial charge in [-0.3, -0.25) is 14.9 Å². The molecule has 20 heavy (non-hydrogen) atoms. The number of halogens is 1. The van der Waals surface area contributed by atoms with Crippen molar-refractivity contribution in [2.75, 3.05) is 19.4 Å². The van der Waals surface area contributed by atoms with Crippen LogP contribution in [0.1, 0.15) is 4.88 Å². The number of hydrogen-bond donors (Lipinski definition) is 2. The van der Waals surface area contributed by atoms with E-state index in [1.807, 2.05) is 11.4 Å². The molecular formula is C11H13ClN2O4S2. The third-order valence-corrected chi connectivity index (χ3v) is 4.31. The standard InChI is InChI=1S/C11H13ClN2O4S2/c1-13-11(17)14-9(15)4-18-10(16)6-19-5-7-2-3-8(12)20-7/h2-3H,4-6H2,1H3,(H2,13,14,15,17). The molecule has 0 spiro atoms. The highest BCUT2D eigenvalue weighted by Gasteiger charge is 2.10. The molecule has 0 aliphatic carbocycles. The normalized spacial score (nSPS) is 9.90. The highest BCUT2D eigenvalue weighted by molar-refractivity contribution is 7.99. The zero-order valence-corrected chi connectivity index (χ0v) is 13.0. The van der Waals surface area contributed by atoms with Crippen molar-refractivity contribution in [3.8, 4) is 0 Å². The largest absolute Gasteiger partial charge is 0.455 e. The number of esters is 1. The molecular weight excluding hydrogens is 324 g/mol. The molecule has 0 unspecified atom stereocenters. The lowest BCUT2D eigenvalue weighted by molar-refractivity contribution is -0.145. The van der Waals surface area contributed by atoms with Crippen LogP contribution >= 0.6 is 34.7 Å². The zero-order chi connectivity index (χ0) is 15.0. The van der Waals surface area contributed by atoms with Crippen LogP contribution in [0.3, 0.4) is 0 Å². The number of nitrogens with one attached hydrogen (secondary N) is 2. The quantitative estimate of drug-likeness (QED) is 0.771. The van der Waals surface area contributed by atoms with E-state index in [0.29, 0.717) is 10.1 Å². The molecule has 110 valence electrons. The molecule has 0 bridgehead atoms. The Kier molecular flexibility index (Phi) is 7.42. The topological polar surface area (TPSA) is 84.5 Å². The third-order valence-electron chi connectivity index (χ3n) is 1.94. The van der Waals surface area contributed by atoms with Crippen LogP contribution in [0.4, 0.5) is 4.79 Å². The van der Waals surface area contributed by atoms with Gasteiger partial charge in [0.1, 0.15) is 0 Å². The van der Waals surface area contributed by atoms with Crippen LogP contribution in [-0.4, -0.2) is 37.3 Å². The highest BCUT2D eigenvalue weighted by atomic mass is 35.5. The number of rotatable bonds is 6. The average Bonchev–Trinajstić information content (AvgIpc) is 2.82. The minimum Gasteiger partial charge on any atom is -0.455 e. The summed E-state index contributed by atoms with van der Waals surface area (Å²) in [5, 5.41) is 4.20. The lowest BCUT2D eigenvalue weighted by Gasteiger charge is -2.05. The summed E-state index contributed by atoms with van der Waals surface area (Å²) < 4.78 is 5.42. The fourth-order valence-corrected chi connectivity index (χ4v) is 3.10. The van der Waals surface area contributed by atoms with Gasteiger partial charge in [-0.25, -0.2) is 4.79 Å². The van der Waals surface area contributed by atoms with Crippen molar-refractivity contribution in [2.45, 2.75) is 5.75 Å². The van der Waals surface area contributed by atoms with Gasteiger partial charge in [-0.2, -0.15) is 0 Å². The molecule has 0 aliphatic rings. The van der Waals surface area contributed by atoms with E-state index in [1.165, 1.54) is 30.1 Å². The van der Waals surface area contributed by atoms with Gasteiger partial charge in [0.05, 0.1) is 10.1 Å². The molecule has 1 aromatic heterocycles. The van der Waals surface area contributed by atoms with E-state index in [1.54, 1.807) is 6.07 Å². The Morgan fingerprint density at radius 3 is 2.75 bits per heavy atom. The SMILES string of the molecule is CNC(=O)NC(=O)COC(=O)CSCc1ccc(Cl)s1. The molecule has 0 atom stereocenters. The highest BCUT2D eigenvalue weighted by Crippen LogP contribution is 2.25. The molecule has 0 aromatic carbocycles. The lowest BCUT2D eigenvalue weighted by atomic mass is 10.5. The van der Waals surface area contributed by atoms with Gasteiger partial charge < -0.3 is 10.1 Å². The van der Waals surface area contributed by atoms with Crippen molar-refractivity contribution in [2.24, 2.45) is 0 Å². The summed E-state index contributed by atoms with van der Waals surface area (Å²) in [7, 11) is 1.38. The Bertz CT molecular complexity index is 493. The minimum absolute atomic E-state index is 0.128. The predicted octanol–water partition coefficient (Wildman–Crippen LogP) is 1.63. The summed E-state index contributed by atoms with van der Waals surface area (Å²) >= 11 is 8.60. The molecule has 1 rings (SSSR count). The van der Waals surface area contributed by atoms with Gasteiger partial charge in [-0.1, -0.05) is 11.6 Å². The summed E-state index contributed by atoms with van der Waals surface area (Å²) in [4.78, 5) is 34.4. The number of imide groups is 1. The van der Waals surface area contributed by atoms with Crippen LogP contribution in [0.25, 0.3) is 0 Å². The van der Waals surface area contributed by atoms with Crippen molar-refractivity contribution in [1.29, 1.82) is 0 Å². The van der Waals surface area contributed by atoms with E-state index in [9.17, 15) is 14.4 Å². The Morgan fingerprint density at radius 2 is 2.15 bits per heavy atom. The first-order chi connectivity index (χ1) is 9.51. The molecule has 0 saturated carbocycles. The van der Waals surface area contributed by atoms with E-state index in [2.05, 4.69) is 5.32 Å². The third kappa shape index (κ3) is 6.78. The maximum absolute atomic E-state index is 11.4. The monoisotopic (exact) mass is 336 g/mol. The van der Waals surface area contributed by atoms with Crippen molar-refractivity contribution in [1.82, 2.24) is 10.6 Å². The maximum Gasteiger partial charge on any atom is 0.321 e. The number of thiophene rings is 1. The smallest absolute Gasteiger partial charge is 0.321 e. The average molecular weight is 337 g/mol. The Balaban J connectivity index is 2.14. The van der Waals surface area contributed by atoms with Crippen molar-refractivity contribution in [3.05, 3.63) is 21.3 Å². The van der Waals surface area contributed by atoms with Gasteiger partial charge in [0.2, 0.25) is 0 Å². The van der Waals surface area contributed by atoms with Crippen LogP contribution in [0.15, 0.2) is 12.1 Å². The number of thioether (sulfide) groups is 1. The summed E-state index contributed by atoms with van der Waals surface area (Å²) in [5.41, 5.74) is 0. The summed E-state index contributed by atoms with van der Waals surface area (Å²) in [6.45, 7) is -0.475. The molecule has 1 heterocycles. The van der Waals surface area contributed by atoms with Crippen molar-refractivity contribution >= 4 is 52.6 Å². The van der Waals surface area contributed by atoms with Gasteiger partial charge in [0.15, 0.2) is 6.61 Å². The van der Waals surface area contributed by atoms with E-state index in [4.69, 9.17) is 16.3 Å². The lowest BCUT2D eigenvalue weighted by Crippen LogP contribution is -2.39. The van der Waals surface area contributed by atoms with Crippen LogP contribution in [0.5, 0.6) is 0 Å². The summed E-state index contributed by atoms with van der Waals surface area (Å²) in [6.07, 6.45) is 0. The first-order valence-electron chi connectivity index (χ1n) is 5.50. The van der Waals surface area contributed by atoms with E-state index < -0.39 is 24.5 Å². The molecule has 0 aliphatic heterocycles. The fraction of sp³-hybridized carbons (Fsp3) is 0.364. The number of ether oxygens (including phenoxy) is 1. The van der Waals surface area contributed by atoms with E-state index in [0.717, 1.165) is 4.88 Å². The van der Waals surface area contributed by atoms with E-state index in [-0.39, 0.29) is 5.75 Å². The summed E-state index contributed by atoms with van der Waals surface area (Å²) in [6, 6.07) is 3.04. The van der Waals surface area contributed by atoms with E-state index >= 15 is 0 Å². The van der Waals surface area contributed by atoms with Gasteiger partial charge >= 0.3 is 12.0 Å². The minimum atomic E-state index is -0.673. The fourth-order valence-electron chi connectivity index (χ4n) is 1.08. The number of hydrogen-bond acceptors (Lipinski definition) is 6. The van der Waals surface area contributed by atoms with Gasteiger partial charge in [0, 0.05) is 17.7 Å². The van der Waals surface area contributed by atoms with Crippen molar-refractivity contribution < 1.29 is 19.1 Å². The van der Waals surface area contributed by atoms with Crippen LogP contribution in [0.2, 0.25) is 4.34 Å². The molecule has 0 radical (unpaired) electrons. The second kappa shape index (κ2) is 8.83. The van der Waals surface area contributed by atoms with Gasteiger partial charge in [-0.05, 0) is 12.1 Å². The summed E-state index contributed by atoms with van der Waals surface area (Å²) in [5.74, 6) is -0.405. The van der Waals surface area contributed by atoms with Crippen LogP contribution in [0, 0.1) is 0 Å². The molecule has 3 amide bonds. The Morgan fingerprint density at radius 1 is 1.40 bits per heavy atom. The molecule has 0 fully saturated rings. The van der Waals surface area contributed by atoms with Crippen molar-refractivity contribution in [3.63, 3.8) is 0 Å². The number of carbonyl (C=O) groups excluding carboxylic acids is 3. The Hall–Kier alpha value is -1.25. The molecule has 2 N–H and O–H groups in total.